The van der Waals surface area contributed by atoms with Gasteiger partial charge in [0.05, 0.1) is 22.8 Å². The van der Waals surface area contributed by atoms with Crippen molar-refractivity contribution in [1.29, 1.82) is 0 Å². The first-order chi connectivity index (χ1) is 25.4. The standard InChI is InChI=1S/C47H59NO6/c1-22(2)23(3)11-12-24(4)29-13-14-30-28-20-33-47(21-27(49)15-18-46(47,10)31(28)16-17-45(29,30)9)48-39-41(52)37-36-34(25(5)19-32(50)35(36)43(39)54-33)42-38(40(37)51)44(7,8)26(6)53-42/h11-12,16,19-20,22-24,26-27,29-30,33,48-51H,13-15,17-18,21H2,1-10H3. The molecule has 9 rings (SSSR count). The second kappa shape index (κ2) is 11.4. The summed E-state index contributed by atoms with van der Waals surface area (Å²) in [6, 6.07) is 1.73. The van der Waals surface area contributed by atoms with Crippen molar-refractivity contribution >= 4 is 22.3 Å². The lowest BCUT2D eigenvalue weighted by molar-refractivity contribution is -0.0691. The Bertz CT molecular complexity index is 2150. The molecule has 0 aromatic heterocycles. The molecule has 2 heterocycles. The highest BCUT2D eigenvalue weighted by atomic mass is 16.5. The van der Waals surface area contributed by atoms with Crippen molar-refractivity contribution in [2.75, 3.05) is 0 Å². The van der Waals surface area contributed by atoms with E-state index in [2.05, 4.69) is 71.2 Å². The molecule has 7 heteroatoms. The number of carbonyl (C=O) groups is 1. The van der Waals surface area contributed by atoms with Crippen molar-refractivity contribution in [3.8, 4) is 17.2 Å². The third-order valence-corrected chi connectivity index (χ3v) is 16.3. The number of fused-ring (bicyclic) bond motifs is 7. The third-order valence-electron chi connectivity index (χ3n) is 16.3. The van der Waals surface area contributed by atoms with E-state index in [1.54, 1.807) is 6.07 Å². The van der Waals surface area contributed by atoms with E-state index in [0.29, 0.717) is 70.5 Å². The molecule has 2 aromatic rings. The molecule has 2 aromatic carbocycles. The van der Waals surface area contributed by atoms with E-state index >= 15 is 4.79 Å². The molecule has 54 heavy (non-hydrogen) atoms. The summed E-state index contributed by atoms with van der Waals surface area (Å²) in [5, 5.41) is 40.3. The number of hydrogen-bond donors (Lipinski definition) is 4. The Morgan fingerprint density at radius 2 is 1.72 bits per heavy atom. The van der Waals surface area contributed by atoms with Gasteiger partial charge in [0.1, 0.15) is 35.2 Å². The predicted octanol–water partition coefficient (Wildman–Crippen LogP) is 9.55. The van der Waals surface area contributed by atoms with E-state index in [1.165, 1.54) is 17.6 Å². The van der Waals surface area contributed by atoms with Gasteiger partial charge in [-0.3, -0.25) is 4.79 Å². The average molecular weight is 734 g/mol. The maximum Gasteiger partial charge on any atom is 0.217 e. The number of benzene rings is 2. The Hall–Kier alpha value is -3.71. The van der Waals surface area contributed by atoms with Crippen LogP contribution in [0.1, 0.15) is 128 Å². The van der Waals surface area contributed by atoms with Crippen molar-refractivity contribution in [3.63, 3.8) is 0 Å². The first-order valence-corrected chi connectivity index (χ1v) is 20.6. The topological polar surface area (TPSA) is 108 Å². The number of phenols is 2. The number of hydrogen-bond acceptors (Lipinski definition) is 7. The van der Waals surface area contributed by atoms with Crippen molar-refractivity contribution < 1.29 is 29.6 Å². The Labute approximate surface area is 320 Å². The normalized spacial score (nSPS) is 36.9. The van der Waals surface area contributed by atoms with Crippen LogP contribution in [-0.4, -0.2) is 45.0 Å². The van der Waals surface area contributed by atoms with Crippen molar-refractivity contribution in [1.82, 2.24) is 5.32 Å². The minimum absolute atomic E-state index is 0.00292. The van der Waals surface area contributed by atoms with Gasteiger partial charge in [0, 0.05) is 33.6 Å². The predicted molar refractivity (Wildman–Crippen MR) is 212 cm³/mol. The number of allylic oxidation sites excluding steroid dienone is 5. The van der Waals surface area contributed by atoms with Gasteiger partial charge in [-0.05, 0) is 110 Å². The summed E-state index contributed by atoms with van der Waals surface area (Å²) in [5.41, 5.74) is 3.21. The molecule has 0 radical (unpaired) electrons. The van der Waals surface area contributed by atoms with Crippen LogP contribution in [0.3, 0.4) is 0 Å². The summed E-state index contributed by atoms with van der Waals surface area (Å²) in [6.45, 7) is 22.1. The number of aliphatic hydroxyl groups excluding tert-OH is 1. The second-order valence-corrected chi connectivity index (χ2v) is 19.7. The zero-order valence-electron chi connectivity index (χ0n) is 33.8. The van der Waals surface area contributed by atoms with Gasteiger partial charge in [-0.2, -0.15) is 0 Å². The Balaban J connectivity index is 1.20. The van der Waals surface area contributed by atoms with Crippen molar-refractivity contribution in [2.45, 2.75) is 137 Å². The summed E-state index contributed by atoms with van der Waals surface area (Å²) < 4.78 is 13.7. The van der Waals surface area contributed by atoms with Crippen molar-refractivity contribution in [3.05, 3.63) is 69.5 Å². The van der Waals surface area contributed by atoms with Gasteiger partial charge >= 0.3 is 0 Å². The number of carbonyl (C=O) groups excluding carboxylic acids is 1. The van der Waals surface area contributed by atoms with Crippen LogP contribution in [0, 0.1) is 47.3 Å². The number of rotatable bonds is 4. The molecular formula is C47H59NO6. The first-order valence-electron chi connectivity index (χ1n) is 20.6. The van der Waals surface area contributed by atoms with Crippen LogP contribution in [0.25, 0.3) is 16.5 Å². The van der Waals surface area contributed by atoms with Gasteiger partial charge < -0.3 is 30.1 Å². The van der Waals surface area contributed by atoms with E-state index < -0.39 is 28.6 Å². The van der Waals surface area contributed by atoms with E-state index in [-0.39, 0.29) is 40.1 Å². The van der Waals surface area contributed by atoms with Crippen LogP contribution in [-0.2, 0) is 10.2 Å². The summed E-state index contributed by atoms with van der Waals surface area (Å²) in [4.78, 5) is 15.0. The first kappa shape index (κ1) is 36.0. The number of aliphatic hydroxyl groups is 1. The highest BCUT2D eigenvalue weighted by molar-refractivity contribution is 6.27. The van der Waals surface area contributed by atoms with Gasteiger partial charge in [-0.25, -0.2) is 0 Å². The molecule has 0 saturated heterocycles. The fourth-order valence-corrected chi connectivity index (χ4v) is 12.3. The molecule has 5 aliphatic carbocycles. The molecule has 288 valence electrons. The zero-order valence-corrected chi connectivity index (χ0v) is 33.8. The highest BCUT2D eigenvalue weighted by Crippen LogP contribution is 2.68. The minimum atomic E-state index is -0.816. The lowest BCUT2D eigenvalue weighted by atomic mass is 9.47. The molecule has 2 fully saturated rings. The van der Waals surface area contributed by atoms with E-state index in [1.807, 2.05) is 27.7 Å². The highest BCUT2D eigenvalue weighted by Gasteiger charge is 2.66. The number of ketones is 1. The van der Waals surface area contributed by atoms with Crippen LogP contribution in [0.2, 0.25) is 0 Å². The number of phenolic OH excluding ortho intramolecular Hbond substituents is 2. The Kier molecular flexibility index (Phi) is 7.61. The Morgan fingerprint density at radius 3 is 2.44 bits per heavy atom. The van der Waals surface area contributed by atoms with E-state index in [9.17, 15) is 15.3 Å². The zero-order chi connectivity index (χ0) is 38.6. The van der Waals surface area contributed by atoms with E-state index in [0.717, 1.165) is 30.2 Å². The molecule has 0 amide bonds. The summed E-state index contributed by atoms with van der Waals surface area (Å²) in [6.07, 6.45) is 13.5. The largest absolute Gasteiger partial charge is 0.507 e. The number of Topliss-reactive ketones (excluding diaryl/α,β-unsaturated/α-hetero) is 1. The number of nitrogens with one attached hydrogen (secondary N) is 1. The molecule has 4 N–H and O–H groups in total. The van der Waals surface area contributed by atoms with Gasteiger partial charge in [0.25, 0.3) is 0 Å². The van der Waals surface area contributed by atoms with Crippen LogP contribution < -0.4 is 10.1 Å². The van der Waals surface area contributed by atoms with Crippen LogP contribution in [0.5, 0.6) is 17.2 Å². The molecular weight excluding hydrogens is 675 g/mol. The van der Waals surface area contributed by atoms with Gasteiger partial charge in [0.15, 0.2) is 5.76 Å². The summed E-state index contributed by atoms with van der Waals surface area (Å²) >= 11 is 0. The molecule has 7 nitrogen and oxygen atoms in total. The minimum Gasteiger partial charge on any atom is -0.507 e. The Morgan fingerprint density at radius 1 is 0.981 bits per heavy atom. The molecule has 10 atom stereocenters. The number of aromatic hydroxyl groups is 2. The molecule has 7 aliphatic rings. The lowest BCUT2D eigenvalue weighted by Crippen LogP contribution is -2.72. The average Bonchev–Trinajstić information content (AvgIpc) is 3.57. The van der Waals surface area contributed by atoms with Gasteiger partial charge in [-0.15, -0.1) is 0 Å². The molecule has 1 spiro atoms. The molecule has 2 aliphatic heterocycles. The summed E-state index contributed by atoms with van der Waals surface area (Å²) in [7, 11) is 0. The monoisotopic (exact) mass is 733 g/mol. The molecule has 2 saturated carbocycles. The quantitative estimate of drug-likeness (QED) is 0.232. The number of ether oxygens (including phenoxy) is 2. The fraction of sp³-hybridized carbons (Fsp3) is 0.596. The van der Waals surface area contributed by atoms with Crippen LogP contribution >= 0.6 is 0 Å². The fourth-order valence-electron chi connectivity index (χ4n) is 12.3. The molecule has 0 bridgehead atoms. The van der Waals surface area contributed by atoms with Crippen LogP contribution in [0.4, 0.5) is 0 Å². The summed E-state index contributed by atoms with van der Waals surface area (Å²) in [5.74, 6) is 2.97. The smallest absolute Gasteiger partial charge is 0.217 e. The second-order valence-electron chi connectivity index (χ2n) is 19.7. The van der Waals surface area contributed by atoms with Crippen LogP contribution in [0.15, 0.2) is 47.2 Å². The van der Waals surface area contributed by atoms with Gasteiger partial charge in [0.2, 0.25) is 5.78 Å². The third kappa shape index (κ3) is 4.37. The molecule has 10 unspecified atom stereocenters. The number of aryl methyl sites for hydroxylation is 1. The van der Waals surface area contributed by atoms with Crippen molar-refractivity contribution in [2.24, 2.45) is 40.4 Å². The van der Waals surface area contributed by atoms with E-state index in [4.69, 9.17) is 9.47 Å². The SMILES string of the molecule is Cc1cc(O)c2c3c(c(O)c4c(c13)OC(C)C4(C)C)C(=O)C1=C2OC2C=C3C(=CCC4(C)C3CCC4C(C)C=CC(C)C(C)C)C3(C)CCC(O)CC23N1. The lowest BCUT2D eigenvalue weighted by Gasteiger charge is -2.63. The maximum absolute atomic E-state index is 15.0. The maximum atomic E-state index is 15.0. The van der Waals surface area contributed by atoms with Gasteiger partial charge in [-0.1, -0.05) is 73.6 Å².